The van der Waals surface area contributed by atoms with Gasteiger partial charge in [-0.15, -0.1) is 0 Å². The zero-order valence-corrected chi connectivity index (χ0v) is 10.4. The average molecular weight is 267 g/mol. The Kier molecular flexibility index (Phi) is 4.41. The Bertz CT molecular complexity index is 529. The molecule has 0 aliphatic carbocycles. The van der Waals surface area contributed by atoms with Crippen LogP contribution in [0.3, 0.4) is 0 Å². The van der Waals surface area contributed by atoms with E-state index in [2.05, 4.69) is 10.1 Å². The number of nitrogens with zero attached hydrogens (tertiary/aromatic N) is 1. The second kappa shape index (κ2) is 5.80. The maximum absolute atomic E-state index is 11.2. The van der Waals surface area contributed by atoms with Crippen molar-refractivity contribution in [2.24, 2.45) is 5.73 Å². The van der Waals surface area contributed by atoms with Gasteiger partial charge < -0.3 is 15.8 Å². The molecule has 3 N–H and O–H groups in total. The molecule has 1 amide bonds. The maximum atomic E-state index is 11.2. The first-order valence-corrected chi connectivity index (χ1v) is 5.29. The minimum Gasteiger partial charge on any atom is -0.467 e. The van der Waals surface area contributed by atoms with Crippen LogP contribution >= 0.6 is 0 Å². The van der Waals surface area contributed by atoms with Gasteiger partial charge in [-0.2, -0.15) is 0 Å². The van der Waals surface area contributed by atoms with Crippen molar-refractivity contribution in [3.05, 3.63) is 33.9 Å². The predicted molar refractivity (Wildman–Crippen MR) is 66.7 cm³/mol. The van der Waals surface area contributed by atoms with Gasteiger partial charge in [0.05, 0.1) is 12.0 Å². The third-order valence-corrected chi connectivity index (χ3v) is 2.41. The Morgan fingerprint density at radius 3 is 2.58 bits per heavy atom. The van der Waals surface area contributed by atoms with Crippen molar-refractivity contribution in [1.29, 1.82) is 0 Å². The van der Waals surface area contributed by atoms with Crippen molar-refractivity contribution in [2.75, 3.05) is 12.4 Å². The Balaban J connectivity index is 3.10. The smallest absolute Gasteiger partial charge is 0.327 e. The van der Waals surface area contributed by atoms with Crippen molar-refractivity contribution in [3.63, 3.8) is 0 Å². The number of carbonyl (C=O) groups excluding carboxylic acids is 2. The molecule has 1 aromatic carbocycles. The van der Waals surface area contributed by atoms with E-state index in [0.29, 0.717) is 0 Å². The molecule has 0 aliphatic heterocycles. The highest BCUT2D eigenvalue weighted by Gasteiger charge is 2.20. The topological polar surface area (TPSA) is 125 Å². The van der Waals surface area contributed by atoms with E-state index >= 15 is 0 Å². The lowest BCUT2D eigenvalue weighted by molar-refractivity contribution is -0.384. The molecule has 102 valence electrons. The molecule has 19 heavy (non-hydrogen) atoms. The molecule has 0 heterocycles. The molecule has 0 radical (unpaired) electrons. The van der Waals surface area contributed by atoms with Crippen LogP contribution in [0.25, 0.3) is 0 Å². The molecule has 0 saturated heterocycles. The Morgan fingerprint density at radius 1 is 1.47 bits per heavy atom. The Labute approximate surface area is 108 Å². The summed E-state index contributed by atoms with van der Waals surface area (Å²) in [5, 5.41) is 13.6. The molecule has 0 aliphatic rings. The lowest BCUT2D eigenvalue weighted by Gasteiger charge is -2.13. The van der Waals surface area contributed by atoms with Crippen LogP contribution in [0.5, 0.6) is 0 Å². The van der Waals surface area contributed by atoms with Gasteiger partial charge in [0.2, 0.25) is 5.91 Å². The lowest BCUT2D eigenvalue weighted by Crippen LogP contribution is -2.27. The van der Waals surface area contributed by atoms with E-state index in [1.54, 1.807) is 0 Å². The largest absolute Gasteiger partial charge is 0.467 e. The standard InChI is InChI=1S/C11H13N3O5/c1-6(11(16)19-2)13-8-4-3-7(10(12)15)5-9(8)14(17)18/h3-6,13H,1-2H3,(H2,12,15). The molecule has 1 aromatic rings. The first kappa shape index (κ1) is 14.4. The molecular formula is C11H13N3O5. The molecule has 0 bridgehead atoms. The van der Waals surface area contributed by atoms with Crippen molar-refractivity contribution in [1.82, 2.24) is 0 Å². The summed E-state index contributed by atoms with van der Waals surface area (Å²) < 4.78 is 4.50. The zero-order valence-electron chi connectivity index (χ0n) is 10.4. The maximum Gasteiger partial charge on any atom is 0.327 e. The van der Waals surface area contributed by atoms with Gasteiger partial charge in [0, 0.05) is 11.6 Å². The molecule has 0 spiro atoms. The SMILES string of the molecule is COC(=O)C(C)Nc1ccc(C(N)=O)cc1[N+](=O)[O-]. The number of esters is 1. The molecule has 0 fully saturated rings. The fourth-order valence-electron chi connectivity index (χ4n) is 1.43. The predicted octanol–water partition coefficient (Wildman–Crippen LogP) is 0.667. The average Bonchev–Trinajstić information content (AvgIpc) is 2.37. The summed E-state index contributed by atoms with van der Waals surface area (Å²) in [7, 11) is 1.21. The fourth-order valence-corrected chi connectivity index (χ4v) is 1.43. The molecule has 1 unspecified atom stereocenters. The van der Waals surface area contributed by atoms with Crippen LogP contribution in [0.1, 0.15) is 17.3 Å². The van der Waals surface area contributed by atoms with Gasteiger partial charge >= 0.3 is 5.97 Å². The van der Waals surface area contributed by atoms with Crippen LogP contribution in [0, 0.1) is 10.1 Å². The summed E-state index contributed by atoms with van der Waals surface area (Å²) >= 11 is 0. The number of carbonyl (C=O) groups is 2. The number of methoxy groups -OCH3 is 1. The highest BCUT2D eigenvalue weighted by Crippen LogP contribution is 2.26. The van der Waals surface area contributed by atoms with Gasteiger partial charge in [0.1, 0.15) is 11.7 Å². The first-order valence-electron chi connectivity index (χ1n) is 5.29. The highest BCUT2D eigenvalue weighted by atomic mass is 16.6. The van der Waals surface area contributed by atoms with E-state index in [0.717, 1.165) is 6.07 Å². The molecule has 0 saturated carbocycles. The lowest BCUT2D eigenvalue weighted by atomic mass is 10.1. The number of primary amides is 1. The van der Waals surface area contributed by atoms with Gasteiger partial charge in [-0.25, -0.2) is 4.79 Å². The van der Waals surface area contributed by atoms with Crippen molar-refractivity contribution < 1.29 is 19.2 Å². The molecule has 1 atom stereocenters. The molecule has 0 aromatic heterocycles. The number of rotatable bonds is 5. The summed E-state index contributed by atoms with van der Waals surface area (Å²) in [6, 6.07) is 2.94. The van der Waals surface area contributed by atoms with Gasteiger partial charge in [-0.1, -0.05) is 0 Å². The third-order valence-electron chi connectivity index (χ3n) is 2.41. The second-order valence-electron chi connectivity index (χ2n) is 3.74. The van der Waals surface area contributed by atoms with Gasteiger partial charge in [-0.05, 0) is 19.1 Å². The number of nitro benzene ring substituents is 1. The van der Waals surface area contributed by atoms with Crippen molar-refractivity contribution in [3.8, 4) is 0 Å². The number of amides is 1. The van der Waals surface area contributed by atoms with Crippen LogP contribution in [0.15, 0.2) is 18.2 Å². The van der Waals surface area contributed by atoms with Gasteiger partial charge in [0.15, 0.2) is 0 Å². The number of benzene rings is 1. The van der Waals surface area contributed by atoms with Crippen LogP contribution in [0.2, 0.25) is 0 Å². The summed E-state index contributed by atoms with van der Waals surface area (Å²) in [5.41, 5.74) is 4.83. The number of anilines is 1. The number of hydrogen-bond donors (Lipinski definition) is 2. The Morgan fingerprint density at radius 2 is 2.11 bits per heavy atom. The number of hydrogen-bond acceptors (Lipinski definition) is 6. The van der Waals surface area contributed by atoms with E-state index in [9.17, 15) is 19.7 Å². The van der Waals surface area contributed by atoms with Crippen LogP contribution < -0.4 is 11.1 Å². The number of nitrogens with two attached hydrogens (primary N) is 1. The van der Waals surface area contributed by atoms with Crippen LogP contribution in [-0.2, 0) is 9.53 Å². The molecule has 8 nitrogen and oxygen atoms in total. The van der Waals surface area contributed by atoms with E-state index in [-0.39, 0.29) is 16.9 Å². The monoisotopic (exact) mass is 267 g/mol. The van der Waals surface area contributed by atoms with Crippen LogP contribution in [-0.4, -0.2) is 30.0 Å². The normalized spacial score (nSPS) is 11.5. The molecule has 1 rings (SSSR count). The third kappa shape index (κ3) is 3.41. The van der Waals surface area contributed by atoms with Crippen molar-refractivity contribution in [2.45, 2.75) is 13.0 Å². The van der Waals surface area contributed by atoms with Crippen molar-refractivity contribution >= 4 is 23.3 Å². The van der Waals surface area contributed by atoms with Gasteiger partial charge in [-0.3, -0.25) is 14.9 Å². The minimum atomic E-state index is -0.768. The number of ether oxygens (including phenoxy) is 1. The number of nitro groups is 1. The zero-order chi connectivity index (χ0) is 14.6. The second-order valence-corrected chi connectivity index (χ2v) is 3.74. The van der Waals surface area contributed by atoms with E-state index in [1.165, 1.54) is 26.2 Å². The summed E-state index contributed by atoms with van der Waals surface area (Å²) in [6.45, 7) is 1.50. The van der Waals surface area contributed by atoms with E-state index < -0.39 is 22.8 Å². The van der Waals surface area contributed by atoms with Crippen LogP contribution in [0.4, 0.5) is 11.4 Å². The molecule has 8 heteroatoms. The Hall–Kier alpha value is -2.64. The van der Waals surface area contributed by atoms with Gasteiger partial charge in [0.25, 0.3) is 5.69 Å². The fraction of sp³-hybridized carbons (Fsp3) is 0.273. The first-order chi connectivity index (χ1) is 8.86. The summed E-state index contributed by atoms with van der Waals surface area (Å²) in [5.74, 6) is -1.33. The highest BCUT2D eigenvalue weighted by molar-refractivity contribution is 5.94. The summed E-state index contributed by atoms with van der Waals surface area (Å²) in [6.07, 6.45) is 0. The molecular weight excluding hydrogens is 254 g/mol. The van der Waals surface area contributed by atoms with E-state index in [1.807, 2.05) is 0 Å². The minimum absolute atomic E-state index is 0.0166. The number of nitrogens with one attached hydrogen (secondary N) is 1. The quantitative estimate of drug-likeness (QED) is 0.459. The van der Waals surface area contributed by atoms with E-state index in [4.69, 9.17) is 5.73 Å². The summed E-state index contributed by atoms with van der Waals surface area (Å²) in [4.78, 5) is 32.5.